The number of hydrazone groups is 1. The van der Waals surface area contributed by atoms with E-state index in [4.69, 9.17) is 9.84 Å². The van der Waals surface area contributed by atoms with Gasteiger partial charge >= 0.3 is 0 Å². The second-order valence-corrected chi connectivity index (χ2v) is 9.64. The third-order valence-electron chi connectivity index (χ3n) is 6.02. The molecule has 0 bridgehead atoms. The summed E-state index contributed by atoms with van der Waals surface area (Å²) in [6.45, 7) is 0. The lowest BCUT2D eigenvalue weighted by Crippen LogP contribution is -2.25. The minimum absolute atomic E-state index is 0.108. The molecule has 0 saturated carbocycles. The molecule has 3 aromatic carbocycles. The highest BCUT2D eigenvalue weighted by Gasteiger charge is 2.39. The number of amidine groups is 1. The molecule has 2 amide bonds. The number of rotatable bonds is 6. The number of carbonyl (C=O) groups is 2. The third-order valence-corrected chi connectivity index (χ3v) is 7.16. The van der Waals surface area contributed by atoms with Crippen molar-refractivity contribution in [2.75, 3.05) is 12.4 Å². The van der Waals surface area contributed by atoms with E-state index in [0.717, 1.165) is 46.5 Å². The zero-order valence-electron chi connectivity index (χ0n) is 19.7. The second kappa shape index (κ2) is 10.5. The fraction of sp³-hybridized carbons (Fsp3) is 0.185. The number of anilines is 1. The molecule has 7 nitrogen and oxygen atoms in total. The van der Waals surface area contributed by atoms with E-state index < -0.39 is 28.7 Å². The summed E-state index contributed by atoms with van der Waals surface area (Å²) in [6.07, 6.45) is 0.428. The Morgan fingerprint density at radius 2 is 1.84 bits per heavy atom. The van der Waals surface area contributed by atoms with Crippen molar-refractivity contribution in [3.63, 3.8) is 0 Å². The maximum Gasteiger partial charge on any atom is 0.262 e. The molecule has 1 N–H and O–H groups in total. The number of nitrogens with one attached hydrogen (secondary N) is 1. The molecule has 0 aromatic heterocycles. The third kappa shape index (κ3) is 5.39. The topological polar surface area (TPSA) is 83.4 Å². The Morgan fingerprint density at radius 3 is 2.54 bits per heavy atom. The molecule has 3 aromatic rings. The largest absolute Gasteiger partial charge is 0.497 e. The number of ether oxygens (including phenoxy) is 1. The minimum atomic E-state index is -1.07. The zero-order chi connectivity index (χ0) is 25.9. The average molecular weight is 521 g/mol. The number of hydrogen-bond donors (Lipinski definition) is 1. The van der Waals surface area contributed by atoms with E-state index >= 15 is 0 Å². The number of aliphatic imine (C=N–C) groups is 1. The van der Waals surface area contributed by atoms with Gasteiger partial charge in [-0.25, -0.2) is 13.8 Å². The van der Waals surface area contributed by atoms with Gasteiger partial charge in [0.05, 0.1) is 18.9 Å². The van der Waals surface area contributed by atoms with E-state index in [0.29, 0.717) is 11.6 Å². The first-order valence-electron chi connectivity index (χ1n) is 11.5. The fourth-order valence-electron chi connectivity index (χ4n) is 4.14. The van der Waals surface area contributed by atoms with Crippen molar-refractivity contribution < 1.29 is 23.1 Å². The summed E-state index contributed by atoms with van der Waals surface area (Å²) in [5, 5.41) is 8.70. The number of hydrogen-bond acceptors (Lipinski definition) is 6. The van der Waals surface area contributed by atoms with Gasteiger partial charge < -0.3 is 10.1 Å². The summed E-state index contributed by atoms with van der Waals surface area (Å²) in [5.74, 6) is -2.30. The number of methoxy groups -OCH3 is 1. The van der Waals surface area contributed by atoms with Crippen LogP contribution in [0.1, 0.15) is 30.0 Å². The molecule has 0 fully saturated rings. The number of carbonyl (C=O) groups excluding carboxylic acids is 2. The summed E-state index contributed by atoms with van der Waals surface area (Å²) < 4.78 is 31.9. The molecule has 37 heavy (non-hydrogen) atoms. The molecular formula is C27H22F2N4O3S. The minimum Gasteiger partial charge on any atom is -0.497 e. The summed E-state index contributed by atoms with van der Waals surface area (Å²) in [5.41, 5.74) is 2.92. The van der Waals surface area contributed by atoms with Crippen LogP contribution in [0.15, 0.2) is 82.9 Å². The van der Waals surface area contributed by atoms with Crippen LogP contribution in [0.3, 0.4) is 0 Å². The number of thioether (sulfide) groups is 1. The number of halogens is 2. The van der Waals surface area contributed by atoms with Gasteiger partial charge in [0.25, 0.3) is 5.91 Å². The van der Waals surface area contributed by atoms with E-state index in [9.17, 15) is 18.4 Å². The normalized spacial score (nSPS) is 19.0. The SMILES string of the molecule is COc1ccc([C@@H]2CC(c3ccccc3)=NN2C2=NC(=O)[C@H](CC(=O)Nc3ccc(F)c(F)c3)S2)cc1. The van der Waals surface area contributed by atoms with E-state index in [1.165, 1.54) is 6.07 Å². The van der Waals surface area contributed by atoms with Gasteiger partial charge in [-0.05, 0) is 35.4 Å². The Hall–Kier alpha value is -4.05. The quantitative estimate of drug-likeness (QED) is 0.486. The van der Waals surface area contributed by atoms with Gasteiger partial charge in [-0.1, -0.05) is 54.2 Å². The molecule has 188 valence electrons. The first-order chi connectivity index (χ1) is 17.9. The lowest BCUT2D eigenvalue weighted by Gasteiger charge is -2.23. The lowest BCUT2D eigenvalue weighted by atomic mass is 9.98. The number of nitrogens with zero attached hydrogens (tertiary/aromatic N) is 3. The Kier molecular flexibility index (Phi) is 7.00. The van der Waals surface area contributed by atoms with Crippen LogP contribution in [0.2, 0.25) is 0 Å². The zero-order valence-corrected chi connectivity index (χ0v) is 20.5. The van der Waals surface area contributed by atoms with Crippen molar-refractivity contribution in [1.29, 1.82) is 0 Å². The van der Waals surface area contributed by atoms with Crippen molar-refractivity contribution in [1.82, 2.24) is 5.01 Å². The van der Waals surface area contributed by atoms with Crippen LogP contribution in [-0.2, 0) is 9.59 Å². The highest BCUT2D eigenvalue weighted by molar-refractivity contribution is 8.15. The maximum absolute atomic E-state index is 13.5. The first-order valence-corrected chi connectivity index (χ1v) is 12.4. The summed E-state index contributed by atoms with van der Waals surface area (Å²) >= 11 is 1.16. The van der Waals surface area contributed by atoms with E-state index in [-0.39, 0.29) is 18.2 Å². The molecule has 5 rings (SSSR count). The monoisotopic (exact) mass is 520 g/mol. The molecule has 2 aliphatic rings. The van der Waals surface area contributed by atoms with Gasteiger partial charge in [0.15, 0.2) is 16.8 Å². The molecule has 2 heterocycles. The van der Waals surface area contributed by atoms with Crippen LogP contribution in [0.5, 0.6) is 5.75 Å². The van der Waals surface area contributed by atoms with Crippen LogP contribution < -0.4 is 10.1 Å². The molecule has 0 saturated heterocycles. The molecule has 2 aliphatic heterocycles. The Balaban J connectivity index is 1.34. The smallest absolute Gasteiger partial charge is 0.262 e. The van der Waals surface area contributed by atoms with Gasteiger partial charge in [-0.3, -0.25) is 9.59 Å². The summed E-state index contributed by atoms with van der Waals surface area (Å²) in [6, 6.07) is 20.3. The highest BCUT2D eigenvalue weighted by Crippen LogP contribution is 2.39. The number of amides is 2. The maximum atomic E-state index is 13.5. The standard InChI is InChI=1S/C27H22F2N4O3S/c1-36-19-10-7-17(8-11-19)23-14-22(16-5-3-2-4-6-16)32-33(23)27-31-26(35)24(37-27)15-25(34)30-18-9-12-20(28)21(29)13-18/h2-13,23-24H,14-15H2,1H3,(H,30,34)/t23-,24-/m0/s1. The van der Waals surface area contributed by atoms with Crippen LogP contribution in [0.4, 0.5) is 14.5 Å². The van der Waals surface area contributed by atoms with E-state index in [1.807, 2.05) is 54.6 Å². The molecule has 0 radical (unpaired) electrons. The van der Waals surface area contributed by atoms with E-state index in [1.54, 1.807) is 12.1 Å². The van der Waals surface area contributed by atoms with Crippen LogP contribution in [0.25, 0.3) is 0 Å². The molecule has 0 unspecified atom stereocenters. The fourth-order valence-corrected chi connectivity index (χ4v) is 5.20. The van der Waals surface area contributed by atoms with Crippen molar-refractivity contribution >= 4 is 40.1 Å². The highest BCUT2D eigenvalue weighted by atomic mass is 32.2. The molecule has 2 atom stereocenters. The predicted octanol–water partition coefficient (Wildman–Crippen LogP) is 5.15. The van der Waals surface area contributed by atoms with Gasteiger partial charge in [0, 0.05) is 24.6 Å². The van der Waals surface area contributed by atoms with Crippen LogP contribution >= 0.6 is 11.8 Å². The predicted molar refractivity (Wildman–Crippen MR) is 139 cm³/mol. The van der Waals surface area contributed by atoms with Gasteiger partial charge in [-0.2, -0.15) is 10.1 Å². The van der Waals surface area contributed by atoms with Gasteiger partial charge in [0.2, 0.25) is 5.91 Å². The molecule has 0 spiro atoms. The van der Waals surface area contributed by atoms with E-state index in [2.05, 4.69) is 10.3 Å². The van der Waals surface area contributed by atoms with Gasteiger partial charge in [-0.15, -0.1) is 0 Å². The average Bonchev–Trinajstić information content (AvgIpc) is 3.51. The van der Waals surface area contributed by atoms with Gasteiger partial charge in [0.1, 0.15) is 11.0 Å². The van der Waals surface area contributed by atoms with Crippen molar-refractivity contribution in [3.8, 4) is 5.75 Å². The Bertz CT molecular complexity index is 1400. The van der Waals surface area contributed by atoms with Crippen molar-refractivity contribution in [3.05, 3.63) is 95.6 Å². The molecule has 0 aliphatic carbocycles. The first kappa shape index (κ1) is 24.6. The van der Waals surface area contributed by atoms with Crippen molar-refractivity contribution in [2.45, 2.75) is 24.1 Å². The summed E-state index contributed by atoms with van der Waals surface area (Å²) in [4.78, 5) is 29.5. The second-order valence-electron chi connectivity index (χ2n) is 8.47. The Morgan fingerprint density at radius 1 is 1.08 bits per heavy atom. The van der Waals surface area contributed by atoms with Crippen LogP contribution in [-0.4, -0.2) is 40.1 Å². The van der Waals surface area contributed by atoms with Crippen LogP contribution in [0, 0.1) is 11.6 Å². The lowest BCUT2D eigenvalue weighted by molar-refractivity contribution is -0.121. The number of benzene rings is 3. The Labute approximate surface area is 216 Å². The van der Waals surface area contributed by atoms with Crippen molar-refractivity contribution in [2.24, 2.45) is 10.1 Å². The molecular weight excluding hydrogens is 498 g/mol. The summed E-state index contributed by atoms with van der Waals surface area (Å²) in [7, 11) is 1.60. The molecule has 10 heteroatoms.